The molecule has 1 radical (unpaired) electrons. The summed E-state index contributed by atoms with van der Waals surface area (Å²) in [4.78, 5) is 8.62. The van der Waals surface area contributed by atoms with Crippen molar-refractivity contribution >= 4 is 0 Å². The molecule has 2 heterocycles. The van der Waals surface area contributed by atoms with Crippen molar-refractivity contribution in [1.29, 1.82) is 0 Å². The van der Waals surface area contributed by atoms with Gasteiger partial charge in [-0.25, -0.2) is 0 Å². The molecule has 0 bridgehead atoms. The third kappa shape index (κ3) is 4.75. The summed E-state index contributed by atoms with van der Waals surface area (Å²) in [5.41, 5.74) is 12.5. The van der Waals surface area contributed by atoms with Gasteiger partial charge >= 0.3 is 0 Å². The molecule has 35 heavy (non-hydrogen) atoms. The summed E-state index contributed by atoms with van der Waals surface area (Å²) in [6.07, 6.45) is 7.97. The van der Waals surface area contributed by atoms with E-state index in [-0.39, 0.29) is 20.1 Å². The van der Waals surface area contributed by atoms with Gasteiger partial charge < -0.3 is 9.97 Å². The third-order valence-electron chi connectivity index (χ3n) is 6.49. The molecule has 0 aliphatic heterocycles. The molecule has 0 atom stereocenters. The summed E-state index contributed by atoms with van der Waals surface area (Å²) in [5.74, 6) is 0. The van der Waals surface area contributed by atoms with Gasteiger partial charge in [0.1, 0.15) is 0 Å². The molecule has 0 N–H and O–H groups in total. The maximum atomic E-state index is 7.44. The zero-order valence-corrected chi connectivity index (χ0v) is 21.5. The van der Waals surface area contributed by atoms with Crippen LogP contribution in [0.2, 0.25) is 0 Å². The van der Waals surface area contributed by atoms with Crippen molar-refractivity contribution in [2.24, 2.45) is 0 Å². The summed E-state index contributed by atoms with van der Waals surface area (Å²) in [7, 11) is 0. The second-order valence-corrected chi connectivity index (χ2v) is 8.57. The molecule has 0 saturated heterocycles. The molecule has 7 rings (SSSR count). The second-order valence-electron chi connectivity index (χ2n) is 8.57. The summed E-state index contributed by atoms with van der Waals surface area (Å²) >= 11 is 0. The summed E-state index contributed by atoms with van der Waals surface area (Å²) < 4.78 is 14.9. The maximum Gasteiger partial charge on any atom is 0.0616 e. The molecular formula is C32H24IrN2-2. The number of rotatable bonds is 2. The molecule has 0 saturated carbocycles. The van der Waals surface area contributed by atoms with Gasteiger partial charge in [0, 0.05) is 33.9 Å². The van der Waals surface area contributed by atoms with Crippen molar-refractivity contribution in [2.45, 2.75) is 25.7 Å². The Morgan fingerprint density at radius 3 is 2.17 bits per heavy atom. The van der Waals surface area contributed by atoms with Crippen LogP contribution in [0.1, 0.15) is 25.0 Å². The van der Waals surface area contributed by atoms with E-state index in [4.69, 9.17) is 2.74 Å². The predicted molar refractivity (Wildman–Crippen MR) is 137 cm³/mol. The minimum absolute atomic E-state index is 0. The fourth-order valence-electron chi connectivity index (χ4n) is 4.95. The molecule has 0 fully saturated rings. The van der Waals surface area contributed by atoms with Gasteiger partial charge in [-0.2, -0.15) is 0 Å². The molecule has 2 aromatic heterocycles. The van der Waals surface area contributed by atoms with E-state index in [1.165, 1.54) is 33.4 Å². The Kier molecular flexibility index (Phi) is 6.27. The van der Waals surface area contributed by atoms with E-state index in [9.17, 15) is 0 Å². The average molecular weight is 631 g/mol. The first-order valence-electron chi connectivity index (χ1n) is 12.7. The number of hydrogen-bond acceptors (Lipinski definition) is 2. The van der Waals surface area contributed by atoms with Crippen molar-refractivity contribution < 1.29 is 22.8 Å². The van der Waals surface area contributed by atoms with E-state index in [2.05, 4.69) is 58.5 Å². The van der Waals surface area contributed by atoms with Crippen LogP contribution in [0.25, 0.3) is 33.6 Å². The first-order chi connectivity index (χ1) is 17.7. The minimum atomic E-state index is 0. The van der Waals surface area contributed by atoms with Crippen molar-refractivity contribution in [3.05, 3.63) is 132 Å². The van der Waals surface area contributed by atoms with Crippen LogP contribution in [0.15, 0.2) is 97.3 Å². The normalized spacial score (nSPS) is 13.3. The topological polar surface area (TPSA) is 25.8 Å². The van der Waals surface area contributed by atoms with Crippen LogP contribution in [0, 0.1) is 12.1 Å². The van der Waals surface area contributed by atoms with Gasteiger partial charge in [0.25, 0.3) is 0 Å². The van der Waals surface area contributed by atoms with E-state index in [1.54, 1.807) is 36.5 Å². The SMILES string of the molecule is [2H]c1cc[c-]c(-c2cc([2H])ccn2)c1.[Ir].[c-]1c(-c2ccccn2)cc2c3c1CCc1cccc(c1-3)CC2. The third-order valence-corrected chi connectivity index (χ3v) is 6.49. The zero-order valence-electron chi connectivity index (χ0n) is 21.1. The number of benzene rings is 3. The van der Waals surface area contributed by atoms with Gasteiger partial charge in [-0.1, -0.05) is 53.6 Å². The molecule has 3 heteroatoms. The van der Waals surface area contributed by atoms with E-state index >= 15 is 0 Å². The van der Waals surface area contributed by atoms with Crippen LogP contribution in [-0.4, -0.2) is 9.97 Å². The van der Waals surface area contributed by atoms with E-state index in [0.717, 1.165) is 42.5 Å². The van der Waals surface area contributed by atoms with Crippen LogP contribution < -0.4 is 0 Å². The van der Waals surface area contributed by atoms with Crippen LogP contribution >= 0.6 is 0 Å². The Morgan fingerprint density at radius 2 is 1.40 bits per heavy atom. The smallest absolute Gasteiger partial charge is 0.0616 e. The van der Waals surface area contributed by atoms with Gasteiger partial charge in [0.15, 0.2) is 0 Å². The van der Waals surface area contributed by atoms with Crippen molar-refractivity contribution in [3.8, 4) is 33.6 Å². The van der Waals surface area contributed by atoms with Crippen LogP contribution in [-0.2, 0) is 45.8 Å². The minimum Gasteiger partial charge on any atom is -0.305 e. The van der Waals surface area contributed by atoms with Crippen molar-refractivity contribution in [1.82, 2.24) is 9.97 Å². The first kappa shape index (κ1) is 20.9. The van der Waals surface area contributed by atoms with Gasteiger partial charge in [-0.3, -0.25) is 0 Å². The number of pyridine rings is 2. The summed E-state index contributed by atoms with van der Waals surface area (Å²) in [5, 5.41) is 0. The van der Waals surface area contributed by atoms with Gasteiger partial charge in [-0.15, -0.1) is 64.7 Å². The Labute approximate surface area is 223 Å². The fraction of sp³-hybridized carbons (Fsp3) is 0.125. The Bertz CT molecular complexity index is 1480. The fourth-order valence-corrected chi connectivity index (χ4v) is 4.95. The van der Waals surface area contributed by atoms with E-state index in [1.807, 2.05) is 12.3 Å². The van der Waals surface area contributed by atoms with Gasteiger partial charge in [-0.05, 0) is 60.3 Å². The number of aromatic nitrogens is 2. The Hall–Kier alpha value is -3.39. The molecule has 2 aliphatic carbocycles. The maximum absolute atomic E-state index is 7.44. The Morgan fingerprint density at radius 1 is 0.657 bits per heavy atom. The van der Waals surface area contributed by atoms with Crippen LogP contribution in [0.3, 0.4) is 0 Å². The van der Waals surface area contributed by atoms with E-state index in [0.29, 0.717) is 17.8 Å². The zero-order chi connectivity index (χ0) is 24.5. The molecule has 0 unspecified atom stereocenters. The van der Waals surface area contributed by atoms with Crippen molar-refractivity contribution in [3.63, 3.8) is 0 Å². The van der Waals surface area contributed by atoms with Crippen LogP contribution in [0.4, 0.5) is 0 Å². The number of nitrogens with zero attached hydrogens (tertiary/aromatic N) is 2. The monoisotopic (exact) mass is 631 g/mol. The number of aryl methyl sites for hydroxylation is 4. The number of hydrogen-bond donors (Lipinski definition) is 0. The molecule has 0 amide bonds. The quantitative estimate of drug-likeness (QED) is 0.197. The van der Waals surface area contributed by atoms with Crippen LogP contribution in [0.5, 0.6) is 0 Å². The Balaban J connectivity index is 0.000000163. The van der Waals surface area contributed by atoms with Gasteiger partial charge in [0.2, 0.25) is 0 Å². The second kappa shape index (κ2) is 10.5. The summed E-state index contributed by atoms with van der Waals surface area (Å²) in [6, 6.07) is 31.0. The van der Waals surface area contributed by atoms with E-state index < -0.39 is 0 Å². The van der Waals surface area contributed by atoms with Gasteiger partial charge in [0.05, 0.1) is 1.37 Å². The first-order valence-corrected chi connectivity index (χ1v) is 11.7. The molecular weight excluding hydrogens is 605 g/mol. The molecule has 2 aliphatic rings. The molecule has 3 aromatic carbocycles. The molecule has 2 nitrogen and oxygen atoms in total. The molecule has 5 aromatic rings. The standard InChI is InChI=1S/C21H16N.C11H8N.Ir/c1-2-11-22-19(6-1)18-12-16-9-7-14-4-3-5-15-8-10-17(13-18)21(16)20(14)15;1-2-6-10(7-3-1)11-8-4-5-9-12-11;/h1-6,11-12H,7-10H2;1-6,8-9H;/q2*-1;/i;2D,4D;. The largest absolute Gasteiger partial charge is 0.305 e. The predicted octanol–water partition coefficient (Wildman–Crippen LogP) is 6.96. The molecule has 173 valence electrons. The average Bonchev–Trinajstić information content (AvgIpc) is 2.92. The van der Waals surface area contributed by atoms with Crippen molar-refractivity contribution in [2.75, 3.05) is 0 Å². The summed E-state index contributed by atoms with van der Waals surface area (Å²) in [6.45, 7) is 0. The molecule has 0 spiro atoms.